The van der Waals surface area contributed by atoms with Crippen molar-refractivity contribution in [1.82, 2.24) is 9.64 Å². The van der Waals surface area contributed by atoms with E-state index in [0.717, 1.165) is 30.7 Å². The highest BCUT2D eigenvalue weighted by Gasteiger charge is 2.22. The Balaban J connectivity index is 1.95. The second kappa shape index (κ2) is 6.16. The van der Waals surface area contributed by atoms with Crippen molar-refractivity contribution in [3.05, 3.63) is 22.2 Å². The van der Waals surface area contributed by atoms with Crippen molar-refractivity contribution < 1.29 is 9.32 Å². The molecule has 1 atom stereocenters. The summed E-state index contributed by atoms with van der Waals surface area (Å²) < 4.78 is 5.95. The molecule has 0 bridgehead atoms. The van der Waals surface area contributed by atoms with Gasteiger partial charge in [0.1, 0.15) is 5.76 Å². The van der Waals surface area contributed by atoms with E-state index in [2.05, 4.69) is 4.90 Å². The standard InChI is InChI=1S/C13H21N3O3/c1-10-7-12(17)16(19-10)13(18)9-15-6-2-3-11(8-15)4-5-14/h7,11H,2-6,8-9,14H2,1H3. The molecule has 2 rings (SSSR count). The van der Waals surface area contributed by atoms with Gasteiger partial charge in [0.2, 0.25) is 0 Å². The van der Waals surface area contributed by atoms with Crippen molar-refractivity contribution in [1.29, 1.82) is 0 Å². The van der Waals surface area contributed by atoms with E-state index in [1.54, 1.807) is 6.92 Å². The maximum Gasteiger partial charge on any atom is 0.290 e. The smallest absolute Gasteiger partial charge is 0.290 e. The summed E-state index contributed by atoms with van der Waals surface area (Å²) in [6.07, 6.45) is 3.23. The first kappa shape index (κ1) is 14.0. The molecule has 1 unspecified atom stereocenters. The van der Waals surface area contributed by atoms with Crippen molar-refractivity contribution in [2.24, 2.45) is 11.7 Å². The second-order valence-electron chi connectivity index (χ2n) is 5.19. The lowest BCUT2D eigenvalue weighted by Crippen LogP contribution is -2.41. The summed E-state index contributed by atoms with van der Waals surface area (Å²) in [4.78, 5) is 25.6. The number of rotatable bonds is 4. The highest BCUT2D eigenvalue weighted by atomic mass is 16.5. The molecule has 1 aliphatic heterocycles. The average Bonchev–Trinajstić information content (AvgIpc) is 2.69. The zero-order valence-corrected chi connectivity index (χ0v) is 11.3. The summed E-state index contributed by atoms with van der Waals surface area (Å²) >= 11 is 0. The van der Waals surface area contributed by atoms with Gasteiger partial charge in [-0.3, -0.25) is 14.5 Å². The second-order valence-corrected chi connectivity index (χ2v) is 5.19. The van der Waals surface area contributed by atoms with Crippen LogP contribution in [0.5, 0.6) is 0 Å². The quantitative estimate of drug-likeness (QED) is 0.856. The summed E-state index contributed by atoms with van der Waals surface area (Å²) in [5.41, 5.74) is 5.18. The zero-order chi connectivity index (χ0) is 13.8. The summed E-state index contributed by atoms with van der Waals surface area (Å²) in [6.45, 7) is 4.33. The molecule has 0 aliphatic carbocycles. The Morgan fingerprint density at radius 2 is 2.37 bits per heavy atom. The first-order chi connectivity index (χ1) is 9.10. The van der Waals surface area contributed by atoms with E-state index in [4.69, 9.17) is 10.3 Å². The van der Waals surface area contributed by atoms with Crippen molar-refractivity contribution in [2.75, 3.05) is 26.2 Å². The molecule has 6 heteroatoms. The third-order valence-corrected chi connectivity index (χ3v) is 3.53. The van der Waals surface area contributed by atoms with Gasteiger partial charge in [-0.15, -0.1) is 4.74 Å². The van der Waals surface area contributed by atoms with E-state index in [-0.39, 0.29) is 12.5 Å². The first-order valence-electron chi connectivity index (χ1n) is 6.75. The van der Waals surface area contributed by atoms with Crippen LogP contribution in [0, 0.1) is 12.8 Å². The van der Waals surface area contributed by atoms with Gasteiger partial charge in [-0.2, -0.15) is 0 Å². The Kier molecular flexibility index (Phi) is 4.55. The van der Waals surface area contributed by atoms with E-state index in [0.29, 0.717) is 18.2 Å². The van der Waals surface area contributed by atoms with Gasteiger partial charge in [0.15, 0.2) is 0 Å². The summed E-state index contributed by atoms with van der Waals surface area (Å²) in [5, 5.41) is 0. The summed E-state index contributed by atoms with van der Waals surface area (Å²) in [5.74, 6) is 0.714. The number of hydrogen-bond donors (Lipinski definition) is 1. The number of likely N-dealkylation sites (tertiary alicyclic amines) is 1. The predicted molar refractivity (Wildman–Crippen MR) is 71.2 cm³/mol. The average molecular weight is 267 g/mol. The normalized spacial score (nSPS) is 20.6. The van der Waals surface area contributed by atoms with Crippen molar-refractivity contribution in [3.8, 4) is 0 Å². The van der Waals surface area contributed by atoms with Gasteiger partial charge in [0.05, 0.1) is 6.54 Å². The van der Waals surface area contributed by atoms with Crippen LogP contribution in [0.2, 0.25) is 0 Å². The Bertz CT molecular complexity index is 490. The largest absolute Gasteiger partial charge is 0.373 e. The fourth-order valence-corrected chi connectivity index (χ4v) is 2.64. The van der Waals surface area contributed by atoms with Crippen LogP contribution < -0.4 is 11.3 Å². The number of carbonyl (C=O) groups excluding carboxylic acids is 1. The SMILES string of the molecule is Cc1cc(=O)n(C(=O)CN2CCCC(CCN)C2)o1. The number of piperidine rings is 1. The van der Waals surface area contributed by atoms with E-state index in [9.17, 15) is 9.59 Å². The van der Waals surface area contributed by atoms with E-state index < -0.39 is 5.56 Å². The van der Waals surface area contributed by atoms with Crippen molar-refractivity contribution in [2.45, 2.75) is 26.2 Å². The number of aromatic nitrogens is 1. The van der Waals surface area contributed by atoms with Crippen LogP contribution in [0.4, 0.5) is 0 Å². The lowest BCUT2D eigenvalue weighted by Gasteiger charge is -2.31. The molecule has 2 heterocycles. The minimum Gasteiger partial charge on any atom is -0.373 e. The maximum absolute atomic E-state index is 12.0. The van der Waals surface area contributed by atoms with Crippen LogP contribution in [0.3, 0.4) is 0 Å². The molecule has 6 nitrogen and oxygen atoms in total. The van der Waals surface area contributed by atoms with E-state index in [1.165, 1.54) is 12.5 Å². The molecule has 106 valence electrons. The highest BCUT2D eigenvalue weighted by molar-refractivity contribution is 5.79. The number of carbonyl (C=O) groups is 1. The molecule has 0 amide bonds. The third kappa shape index (κ3) is 3.54. The Labute approximate surface area is 112 Å². The van der Waals surface area contributed by atoms with Crippen molar-refractivity contribution >= 4 is 5.91 Å². The third-order valence-electron chi connectivity index (χ3n) is 3.53. The molecular weight excluding hydrogens is 246 g/mol. The van der Waals surface area contributed by atoms with Crippen LogP contribution in [-0.4, -0.2) is 41.7 Å². The van der Waals surface area contributed by atoms with Gasteiger partial charge in [-0.05, 0) is 45.2 Å². The molecule has 1 aromatic heterocycles. The van der Waals surface area contributed by atoms with Gasteiger partial charge in [-0.1, -0.05) is 0 Å². The van der Waals surface area contributed by atoms with Gasteiger partial charge >= 0.3 is 0 Å². The molecule has 1 fully saturated rings. The minimum absolute atomic E-state index is 0.230. The van der Waals surface area contributed by atoms with Crippen LogP contribution in [0.15, 0.2) is 15.4 Å². The number of hydrogen-bond acceptors (Lipinski definition) is 5. The van der Waals surface area contributed by atoms with E-state index in [1.807, 2.05) is 0 Å². The van der Waals surface area contributed by atoms with Crippen LogP contribution in [0.25, 0.3) is 0 Å². The summed E-state index contributed by atoms with van der Waals surface area (Å²) in [6, 6.07) is 1.32. The lowest BCUT2D eigenvalue weighted by molar-refractivity contribution is 0.0673. The highest BCUT2D eigenvalue weighted by Crippen LogP contribution is 2.18. The molecule has 1 aliphatic rings. The molecule has 0 spiro atoms. The van der Waals surface area contributed by atoms with Crippen LogP contribution in [-0.2, 0) is 0 Å². The van der Waals surface area contributed by atoms with Crippen molar-refractivity contribution in [3.63, 3.8) is 0 Å². The van der Waals surface area contributed by atoms with Crippen LogP contribution >= 0.6 is 0 Å². The fourth-order valence-electron chi connectivity index (χ4n) is 2.64. The lowest BCUT2D eigenvalue weighted by atomic mass is 9.95. The number of aryl methyl sites for hydroxylation is 1. The first-order valence-corrected chi connectivity index (χ1v) is 6.75. The fraction of sp³-hybridized carbons (Fsp3) is 0.692. The molecule has 19 heavy (non-hydrogen) atoms. The molecule has 0 aromatic carbocycles. The number of nitrogens with zero attached hydrogens (tertiary/aromatic N) is 2. The Morgan fingerprint density at radius 3 is 3.00 bits per heavy atom. The molecule has 0 radical (unpaired) electrons. The molecule has 0 saturated carbocycles. The van der Waals surface area contributed by atoms with E-state index >= 15 is 0 Å². The monoisotopic (exact) mass is 267 g/mol. The predicted octanol–water partition coefficient (Wildman–Crippen LogP) is 0.451. The van der Waals surface area contributed by atoms with Gasteiger partial charge in [0, 0.05) is 12.6 Å². The Morgan fingerprint density at radius 1 is 1.58 bits per heavy atom. The number of nitrogens with two attached hydrogens (primary N) is 1. The summed E-state index contributed by atoms with van der Waals surface area (Å²) in [7, 11) is 0. The molecule has 1 saturated heterocycles. The van der Waals surface area contributed by atoms with Gasteiger partial charge in [0.25, 0.3) is 11.5 Å². The molecular formula is C13H21N3O3. The van der Waals surface area contributed by atoms with Gasteiger partial charge in [-0.25, -0.2) is 0 Å². The Hall–Kier alpha value is -1.40. The van der Waals surface area contributed by atoms with Crippen LogP contribution in [0.1, 0.15) is 29.8 Å². The maximum atomic E-state index is 12.0. The molecule has 1 aromatic rings. The zero-order valence-electron chi connectivity index (χ0n) is 11.3. The topological polar surface area (TPSA) is 81.5 Å². The minimum atomic E-state index is -0.391. The van der Waals surface area contributed by atoms with Gasteiger partial charge < -0.3 is 10.3 Å². The molecule has 2 N–H and O–H groups in total.